The number of anilines is 1. The van der Waals surface area contributed by atoms with E-state index in [-0.39, 0.29) is 31.0 Å². The van der Waals surface area contributed by atoms with Crippen LogP contribution in [0.2, 0.25) is 0 Å². The van der Waals surface area contributed by atoms with E-state index in [9.17, 15) is 19.2 Å². The molecule has 18 heteroatoms. The van der Waals surface area contributed by atoms with Crippen LogP contribution in [0.4, 0.5) is 9.93 Å². The van der Waals surface area contributed by atoms with Crippen molar-refractivity contribution < 1.29 is 38.1 Å². The molecule has 8 atom stereocenters. The summed E-state index contributed by atoms with van der Waals surface area (Å²) >= 11 is 3.83. The standard InChI is InChI=1S/C47H63IN8O8S/c1-8-29-22-47(29,43(59)61-7)54-41(57)36-20-31(24-56(36)42(58)40(46(4,5)6)53-45(60)64-30-18-27-17-28(27)19-30)63-38-21-34(35-25-65-44(52-35)50-26(2)3)51-39-32(38)9-10-37(33(39)23-48)62-16-15-55-13-11-49-12-14-55/h8-10,21,25-31,36,40,49H,1,11-20,22-24H2,2-7H3,(H,50,52)(H,53,60)(H,54,57)/t27-,28+,29-,30?,31-,36+,40-,47?/m1/s1. The van der Waals surface area contributed by atoms with E-state index in [1.807, 2.05) is 44.4 Å². The smallest absolute Gasteiger partial charge is 0.408 e. The summed E-state index contributed by atoms with van der Waals surface area (Å²) in [6, 6.07) is 3.87. The normalized spacial score (nSPS) is 26.6. The summed E-state index contributed by atoms with van der Waals surface area (Å²) in [5, 5.41) is 16.1. The minimum atomic E-state index is -1.29. The van der Waals surface area contributed by atoms with Gasteiger partial charge in [0.2, 0.25) is 11.8 Å². The quantitative estimate of drug-likeness (QED) is 0.0542. The number of alkyl halides is 1. The highest BCUT2D eigenvalue weighted by molar-refractivity contribution is 14.1. The molecule has 4 N–H and O–H groups in total. The van der Waals surface area contributed by atoms with E-state index in [1.165, 1.54) is 29.8 Å². The monoisotopic (exact) mass is 1030 g/mol. The van der Waals surface area contributed by atoms with Gasteiger partial charge in [-0.2, -0.15) is 0 Å². The third-order valence-corrected chi connectivity index (χ3v) is 14.9. The number of hydrogen-bond donors (Lipinski definition) is 4. The molecule has 5 fully saturated rings. The summed E-state index contributed by atoms with van der Waals surface area (Å²) < 4.78 is 25.0. The average molecular weight is 1030 g/mol. The fourth-order valence-electron chi connectivity index (χ4n) is 9.63. The maximum atomic E-state index is 14.9. The molecular weight excluding hydrogens is 964 g/mol. The first-order valence-corrected chi connectivity index (χ1v) is 25.3. The minimum Gasteiger partial charge on any atom is -0.492 e. The second-order valence-electron chi connectivity index (χ2n) is 19.5. The van der Waals surface area contributed by atoms with Crippen LogP contribution in [0.3, 0.4) is 0 Å². The number of pyridine rings is 1. The molecule has 3 saturated carbocycles. The zero-order chi connectivity index (χ0) is 46.2. The maximum absolute atomic E-state index is 14.9. The summed E-state index contributed by atoms with van der Waals surface area (Å²) in [7, 11) is 1.28. The van der Waals surface area contributed by atoms with E-state index in [0.29, 0.717) is 51.9 Å². The molecule has 3 aromatic rings. The molecule has 0 bridgehead atoms. The van der Waals surface area contributed by atoms with Crippen LogP contribution in [0.5, 0.6) is 11.5 Å². The van der Waals surface area contributed by atoms with Gasteiger partial charge in [0, 0.05) is 77.9 Å². The highest BCUT2D eigenvalue weighted by Crippen LogP contribution is 2.52. The van der Waals surface area contributed by atoms with Gasteiger partial charge < -0.3 is 45.1 Å². The van der Waals surface area contributed by atoms with Gasteiger partial charge in [0.1, 0.15) is 53.6 Å². The lowest BCUT2D eigenvalue weighted by atomic mass is 9.85. The number of nitrogens with one attached hydrogen (secondary N) is 4. The van der Waals surface area contributed by atoms with Crippen molar-refractivity contribution >= 4 is 73.8 Å². The molecule has 1 aromatic carbocycles. The highest BCUT2D eigenvalue weighted by atomic mass is 127. The Hall–Kier alpha value is -4.27. The van der Waals surface area contributed by atoms with Gasteiger partial charge in [-0.05, 0) is 68.9 Å². The fourth-order valence-corrected chi connectivity index (χ4v) is 11.2. The van der Waals surface area contributed by atoms with E-state index in [2.05, 4.69) is 69.2 Å². The molecule has 2 aliphatic heterocycles. The Balaban J connectivity index is 1.11. The highest BCUT2D eigenvalue weighted by Gasteiger charge is 2.62. The lowest BCUT2D eigenvalue weighted by Crippen LogP contribution is -2.59. The number of ether oxygens (including phenoxy) is 4. The number of methoxy groups -OCH3 is 1. The number of thiazole rings is 1. The van der Waals surface area contributed by atoms with Crippen molar-refractivity contribution in [1.29, 1.82) is 0 Å². The molecule has 2 unspecified atom stereocenters. The molecule has 0 spiro atoms. The molecule has 2 saturated heterocycles. The first-order valence-electron chi connectivity index (χ1n) is 22.9. The summed E-state index contributed by atoms with van der Waals surface area (Å²) in [4.78, 5) is 70.0. The molecule has 3 amide bonds. The Kier molecular flexibility index (Phi) is 14.2. The topological polar surface area (TPSA) is 186 Å². The number of piperazine rings is 1. The fraction of sp³-hybridized carbons (Fsp3) is 0.617. The lowest BCUT2D eigenvalue weighted by Gasteiger charge is -2.35. The van der Waals surface area contributed by atoms with Gasteiger partial charge in [-0.25, -0.2) is 19.6 Å². The maximum Gasteiger partial charge on any atom is 0.408 e. The second-order valence-corrected chi connectivity index (χ2v) is 21.2. The number of amides is 3. The number of carbonyl (C=O) groups is 4. The number of fused-ring (bicyclic) bond motifs is 2. The number of benzene rings is 1. The molecule has 0 radical (unpaired) electrons. The van der Waals surface area contributed by atoms with Crippen molar-refractivity contribution in [1.82, 2.24) is 35.7 Å². The van der Waals surface area contributed by atoms with Gasteiger partial charge in [0.25, 0.3) is 0 Å². The lowest BCUT2D eigenvalue weighted by molar-refractivity contribution is -0.148. The van der Waals surface area contributed by atoms with Crippen LogP contribution < -0.4 is 30.7 Å². The summed E-state index contributed by atoms with van der Waals surface area (Å²) in [5.74, 6) is 0.584. The first kappa shape index (κ1) is 47.2. The Morgan fingerprint density at radius 2 is 1.80 bits per heavy atom. The number of alkyl carbamates (subject to hydrolysis) is 1. The van der Waals surface area contributed by atoms with Crippen LogP contribution in [-0.4, -0.2) is 133 Å². The Bertz CT molecular complexity index is 2270. The van der Waals surface area contributed by atoms with Crippen molar-refractivity contribution in [2.75, 3.05) is 58.3 Å². The van der Waals surface area contributed by atoms with Crippen LogP contribution >= 0.6 is 33.9 Å². The first-order chi connectivity index (χ1) is 31.1. The number of rotatable bonds is 17. The average Bonchev–Trinajstić information content (AvgIpc) is 3.94. The second kappa shape index (κ2) is 19.5. The largest absolute Gasteiger partial charge is 0.492 e. The molecule has 352 valence electrons. The van der Waals surface area contributed by atoms with Gasteiger partial charge in [0.05, 0.1) is 24.9 Å². The van der Waals surface area contributed by atoms with Crippen molar-refractivity contribution in [2.24, 2.45) is 23.2 Å². The summed E-state index contributed by atoms with van der Waals surface area (Å²) in [6.45, 7) is 18.8. The van der Waals surface area contributed by atoms with Crippen molar-refractivity contribution in [2.45, 2.75) is 107 Å². The number of nitrogens with zero attached hydrogens (tertiary/aromatic N) is 4. The van der Waals surface area contributed by atoms with Gasteiger partial charge in [-0.15, -0.1) is 17.9 Å². The predicted octanol–water partition coefficient (Wildman–Crippen LogP) is 5.92. The Labute approximate surface area is 398 Å². The van der Waals surface area contributed by atoms with Gasteiger partial charge in [0.15, 0.2) is 5.13 Å². The summed E-state index contributed by atoms with van der Waals surface area (Å²) in [6.07, 6.45) is 3.39. The van der Waals surface area contributed by atoms with Crippen LogP contribution in [0, 0.1) is 23.2 Å². The van der Waals surface area contributed by atoms with E-state index in [4.69, 9.17) is 28.9 Å². The van der Waals surface area contributed by atoms with Crippen LogP contribution in [0.25, 0.3) is 22.3 Å². The molecule has 16 nitrogen and oxygen atoms in total. The van der Waals surface area contributed by atoms with E-state index in [1.54, 1.807) is 6.08 Å². The van der Waals surface area contributed by atoms with Crippen molar-refractivity contribution in [3.8, 4) is 22.9 Å². The zero-order valence-corrected chi connectivity index (χ0v) is 41.2. The SMILES string of the molecule is C=C[C@@H]1CC1(NC(=O)[C@@H]1C[C@@H](Oc2cc(-c3csc(NC(C)C)n3)nc3c(CI)c(OCCN4CCNCC4)ccc23)CN1C(=O)[C@@H](NC(=O)OC1C[C@@H]2C[C@@H]2C1)C(C)(C)C)C(=O)OC. The minimum absolute atomic E-state index is 0.0208. The third kappa shape index (κ3) is 10.5. The number of hydrogen-bond acceptors (Lipinski definition) is 14. The van der Waals surface area contributed by atoms with Crippen LogP contribution in [-0.2, 0) is 28.3 Å². The summed E-state index contributed by atoms with van der Waals surface area (Å²) in [5.41, 5.74) is 0.842. The van der Waals surface area contributed by atoms with Crippen molar-refractivity contribution in [3.05, 3.63) is 41.8 Å². The predicted molar refractivity (Wildman–Crippen MR) is 257 cm³/mol. The van der Waals surface area contributed by atoms with Gasteiger partial charge in [-0.3, -0.25) is 14.5 Å². The Morgan fingerprint density at radius 1 is 1.05 bits per heavy atom. The van der Waals surface area contributed by atoms with E-state index < -0.39 is 53.0 Å². The van der Waals surface area contributed by atoms with Crippen LogP contribution in [0.1, 0.15) is 72.3 Å². The van der Waals surface area contributed by atoms with Crippen LogP contribution in [0.15, 0.2) is 36.2 Å². The molecule has 65 heavy (non-hydrogen) atoms. The molecule has 5 aliphatic rings. The zero-order valence-electron chi connectivity index (χ0n) is 38.2. The number of aromatic nitrogens is 2. The Morgan fingerprint density at radius 3 is 2.46 bits per heavy atom. The number of esters is 1. The third-order valence-electron chi connectivity index (χ3n) is 13.4. The number of likely N-dealkylation sites (tertiary alicyclic amines) is 1. The van der Waals surface area contributed by atoms with E-state index in [0.717, 1.165) is 67.4 Å². The van der Waals surface area contributed by atoms with Gasteiger partial charge in [-0.1, -0.05) is 49.4 Å². The molecule has 4 heterocycles. The van der Waals surface area contributed by atoms with E-state index >= 15 is 0 Å². The number of halogens is 1. The molecular formula is C47H63IN8O8S. The van der Waals surface area contributed by atoms with Gasteiger partial charge >= 0.3 is 12.1 Å². The number of carbonyl (C=O) groups excluding carboxylic acids is 4. The molecule has 3 aliphatic carbocycles. The molecule has 8 rings (SSSR count). The molecule has 2 aromatic heterocycles. The van der Waals surface area contributed by atoms with Crippen molar-refractivity contribution in [3.63, 3.8) is 0 Å².